The zero-order valence-electron chi connectivity index (χ0n) is 16.8. The average Bonchev–Trinajstić information content (AvgIpc) is 3.04. The molecule has 0 spiro atoms. The summed E-state index contributed by atoms with van der Waals surface area (Å²) in [6.45, 7) is 7.06. The summed E-state index contributed by atoms with van der Waals surface area (Å²) in [5.74, 6) is 1.38. The first kappa shape index (κ1) is 20.8. The first-order valence-electron chi connectivity index (χ1n) is 10.1. The topological polar surface area (TPSA) is 59.8 Å². The normalized spacial score (nSPS) is 19.8. The molecule has 1 N–H and O–H groups in total. The largest absolute Gasteiger partial charge is 0.352 e. The SMILES string of the molecule is CC(C)Cn1c(SCC(=O)NC2CCCCC2C)nnc1-c1ccccc1F. The van der Waals surface area contributed by atoms with Crippen molar-refractivity contribution in [1.82, 2.24) is 20.1 Å². The number of carbonyl (C=O) groups is 1. The predicted molar refractivity (Wildman–Crippen MR) is 111 cm³/mol. The third-order valence-electron chi connectivity index (χ3n) is 5.17. The highest BCUT2D eigenvalue weighted by molar-refractivity contribution is 7.99. The molecule has 1 aliphatic rings. The Bertz CT molecular complexity index is 807. The third kappa shape index (κ3) is 5.13. The summed E-state index contributed by atoms with van der Waals surface area (Å²) >= 11 is 1.36. The standard InChI is InChI=1S/C21H29FN4OS/c1-14(2)12-26-20(16-9-5-6-10-17(16)22)24-25-21(26)28-13-19(27)23-18-11-7-4-8-15(18)3/h5-6,9-10,14-15,18H,4,7-8,11-13H2,1-3H3,(H,23,27). The van der Waals surface area contributed by atoms with E-state index in [0.717, 1.165) is 6.42 Å². The van der Waals surface area contributed by atoms with Crippen molar-refractivity contribution in [1.29, 1.82) is 0 Å². The van der Waals surface area contributed by atoms with E-state index >= 15 is 0 Å². The maximum absolute atomic E-state index is 14.3. The van der Waals surface area contributed by atoms with Crippen LogP contribution in [0.1, 0.15) is 46.5 Å². The van der Waals surface area contributed by atoms with Gasteiger partial charge in [0.25, 0.3) is 0 Å². The number of aromatic nitrogens is 3. The summed E-state index contributed by atoms with van der Waals surface area (Å²) in [6, 6.07) is 6.86. The summed E-state index contributed by atoms with van der Waals surface area (Å²) in [6.07, 6.45) is 4.65. The molecule has 1 amide bonds. The van der Waals surface area contributed by atoms with Crippen LogP contribution in [-0.4, -0.2) is 32.5 Å². The van der Waals surface area contributed by atoms with E-state index in [1.165, 1.54) is 37.1 Å². The van der Waals surface area contributed by atoms with Crippen LogP contribution in [0.5, 0.6) is 0 Å². The Morgan fingerprint density at radius 3 is 2.75 bits per heavy atom. The van der Waals surface area contributed by atoms with Gasteiger partial charge in [0.05, 0.1) is 11.3 Å². The highest BCUT2D eigenvalue weighted by atomic mass is 32.2. The summed E-state index contributed by atoms with van der Waals surface area (Å²) in [7, 11) is 0. The van der Waals surface area contributed by atoms with E-state index in [0.29, 0.717) is 34.9 Å². The molecule has 3 rings (SSSR count). The lowest BCUT2D eigenvalue weighted by Crippen LogP contribution is -2.41. The smallest absolute Gasteiger partial charge is 0.230 e. The Labute approximate surface area is 170 Å². The zero-order valence-corrected chi connectivity index (χ0v) is 17.6. The van der Waals surface area contributed by atoms with Crippen molar-refractivity contribution in [3.8, 4) is 11.4 Å². The van der Waals surface area contributed by atoms with E-state index in [9.17, 15) is 9.18 Å². The monoisotopic (exact) mass is 404 g/mol. The number of thioether (sulfide) groups is 1. The molecule has 0 bridgehead atoms. The molecule has 1 aromatic carbocycles. The van der Waals surface area contributed by atoms with Crippen LogP contribution in [0.4, 0.5) is 4.39 Å². The van der Waals surface area contributed by atoms with Gasteiger partial charge in [-0.15, -0.1) is 10.2 Å². The fourth-order valence-corrected chi connectivity index (χ4v) is 4.44. The minimum Gasteiger partial charge on any atom is -0.352 e. The van der Waals surface area contributed by atoms with Crippen molar-refractivity contribution in [2.45, 2.75) is 64.2 Å². The molecule has 0 radical (unpaired) electrons. The number of amides is 1. The molecule has 2 atom stereocenters. The third-order valence-corrected chi connectivity index (χ3v) is 6.14. The van der Waals surface area contributed by atoms with Crippen LogP contribution in [0.25, 0.3) is 11.4 Å². The lowest BCUT2D eigenvalue weighted by atomic mass is 9.86. The molecule has 5 nitrogen and oxygen atoms in total. The predicted octanol–water partition coefficient (Wildman–Crippen LogP) is 4.53. The van der Waals surface area contributed by atoms with Gasteiger partial charge in [0.1, 0.15) is 5.82 Å². The number of nitrogens with one attached hydrogen (secondary N) is 1. The van der Waals surface area contributed by atoms with E-state index in [2.05, 4.69) is 36.3 Å². The Morgan fingerprint density at radius 1 is 1.29 bits per heavy atom. The molecule has 7 heteroatoms. The second kappa shape index (κ2) is 9.54. The van der Waals surface area contributed by atoms with E-state index in [1.54, 1.807) is 18.2 Å². The Kier molecular flexibility index (Phi) is 7.10. The Balaban J connectivity index is 1.71. The molecule has 0 saturated heterocycles. The number of hydrogen-bond acceptors (Lipinski definition) is 4. The second-order valence-corrected chi connectivity index (χ2v) is 8.96. The van der Waals surface area contributed by atoms with Crippen molar-refractivity contribution < 1.29 is 9.18 Å². The first-order chi connectivity index (χ1) is 13.5. The summed E-state index contributed by atoms with van der Waals surface area (Å²) in [5, 5.41) is 12.3. The van der Waals surface area contributed by atoms with Crippen LogP contribution in [0.15, 0.2) is 29.4 Å². The minimum absolute atomic E-state index is 0.0234. The maximum atomic E-state index is 14.3. The molecule has 2 unspecified atom stereocenters. The summed E-state index contributed by atoms with van der Waals surface area (Å²) in [4.78, 5) is 12.4. The number of halogens is 1. The van der Waals surface area contributed by atoms with Gasteiger partial charge < -0.3 is 9.88 Å². The number of benzene rings is 1. The number of carbonyl (C=O) groups excluding carboxylic acids is 1. The fourth-order valence-electron chi connectivity index (χ4n) is 3.68. The van der Waals surface area contributed by atoms with Gasteiger partial charge in [-0.2, -0.15) is 0 Å². The fraction of sp³-hybridized carbons (Fsp3) is 0.571. The molecule has 2 aromatic rings. The Hall–Kier alpha value is -1.89. The highest BCUT2D eigenvalue weighted by Crippen LogP contribution is 2.27. The van der Waals surface area contributed by atoms with Gasteiger partial charge in [-0.25, -0.2) is 4.39 Å². The first-order valence-corrected chi connectivity index (χ1v) is 11.0. The van der Waals surface area contributed by atoms with Crippen molar-refractivity contribution in [3.63, 3.8) is 0 Å². The molecule has 152 valence electrons. The summed E-state index contributed by atoms with van der Waals surface area (Å²) < 4.78 is 16.2. The van der Waals surface area contributed by atoms with Crippen LogP contribution in [0.3, 0.4) is 0 Å². The van der Waals surface area contributed by atoms with Crippen molar-refractivity contribution in [2.75, 3.05) is 5.75 Å². The molecule has 1 aromatic heterocycles. The van der Waals surface area contributed by atoms with Crippen LogP contribution in [0, 0.1) is 17.7 Å². The molecular weight excluding hydrogens is 375 g/mol. The second-order valence-electron chi connectivity index (χ2n) is 8.01. The van der Waals surface area contributed by atoms with Crippen LogP contribution < -0.4 is 5.32 Å². The molecule has 28 heavy (non-hydrogen) atoms. The number of rotatable bonds is 7. The number of nitrogens with zero attached hydrogens (tertiary/aromatic N) is 3. The molecule has 1 fully saturated rings. The summed E-state index contributed by atoms with van der Waals surface area (Å²) in [5.41, 5.74) is 0.433. The lowest BCUT2D eigenvalue weighted by molar-refractivity contribution is -0.119. The number of hydrogen-bond donors (Lipinski definition) is 1. The molecular formula is C21H29FN4OS. The van der Waals surface area contributed by atoms with Crippen molar-refractivity contribution in [3.05, 3.63) is 30.1 Å². The van der Waals surface area contributed by atoms with Crippen LogP contribution >= 0.6 is 11.8 Å². The zero-order chi connectivity index (χ0) is 20.1. The van der Waals surface area contributed by atoms with Gasteiger partial charge in [-0.3, -0.25) is 4.79 Å². The van der Waals surface area contributed by atoms with Crippen LogP contribution in [-0.2, 0) is 11.3 Å². The van der Waals surface area contributed by atoms with Gasteiger partial charge in [0.15, 0.2) is 11.0 Å². The van der Waals surface area contributed by atoms with Gasteiger partial charge >= 0.3 is 0 Å². The minimum atomic E-state index is -0.319. The van der Waals surface area contributed by atoms with Gasteiger partial charge in [0, 0.05) is 12.6 Å². The Morgan fingerprint density at radius 2 is 2.04 bits per heavy atom. The van der Waals surface area contributed by atoms with E-state index < -0.39 is 0 Å². The maximum Gasteiger partial charge on any atom is 0.230 e. The van der Waals surface area contributed by atoms with Gasteiger partial charge in [-0.05, 0) is 36.8 Å². The molecule has 0 aliphatic heterocycles. The molecule has 1 saturated carbocycles. The molecule has 1 heterocycles. The quantitative estimate of drug-likeness (QED) is 0.689. The van der Waals surface area contributed by atoms with E-state index in [1.807, 2.05) is 4.57 Å². The van der Waals surface area contributed by atoms with E-state index in [4.69, 9.17) is 0 Å². The lowest BCUT2D eigenvalue weighted by Gasteiger charge is -2.29. The van der Waals surface area contributed by atoms with E-state index in [-0.39, 0.29) is 23.5 Å². The van der Waals surface area contributed by atoms with Crippen molar-refractivity contribution in [2.24, 2.45) is 11.8 Å². The van der Waals surface area contributed by atoms with Gasteiger partial charge in [-0.1, -0.05) is 57.5 Å². The van der Waals surface area contributed by atoms with Crippen molar-refractivity contribution >= 4 is 17.7 Å². The van der Waals surface area contributed by atoms with Gasteiger partial charge in [0.2, 0.25) is 5.91 Å². The molecule has 1 aliphatic carbocycles. The highest BCUT2D eigenvalue weighted by Gasteiger charge is 2.23. The van der Waals surface area contributed by atoms with Crippen LogP contribution in [0.2, 0.25) is 0 Å². The average molecular weight is 405 g/mol.